The molecule has 1 amide bonds. The van der Waals surface area contributed by atoms with E-state index in [0.717, 1.165) is 4.68 Å². The zero-order valence-corrected chi connectivity index (χ0v) is 15.6. The predicted octanol–water partition coefficient (Wildman–Crippen LogP) is 2.03. The molecule has 138 valence electrons. The Kier molecular flexibility index (Phi) is 5.82. The van der Waals surface area contributed by atoms with Crippen LogP contribution in [0, 0.1) is 0 Å². The summed E-state index contributed by atoms with van der Waals surface area (Å²) in [6.07, 6.45) is 1.46. The maximum absolute atomic E-state index is 12.3. The molecule has 2 heterocycles. The molecule has 0 aliphatic rings. The predicted molar refractivity (Wildman–Crippen MR) is 103 cm³/mol. The highest BCUT2D eigenvalue weighted by Crippen LogP contribution is 2.11. The number of H-pyrrole nitrogens is 1. The average Bonchev–Trinajstić information content (AvgIpc) is 2.67. The first-order chi connectivity index (χ1) is 13.0. The monoisotopic (exact) mass is 430 g/mol. The van der Waals surface area contributed by atoms with Gasteiger partial charge in [-0.3, -0.25) is 14.4 Å². The lowest BCUT2D eigenvalue weighted by Crippen LogP contribution is -2.29. The third-order valence-electron chi connectivity index (χ3n) is 3.53. The number of rotatable bonds is 6. The molecule has 0 spiro atoms. The van der Waals surface area contributed by atoms with Crippen LogP contribution in [0.3, 0.4) is 0 Å². The van der Waals surface area contributed by atoms with E-state index >= 15 is 0 Å². The third kappa shape index (κ3) is 4.91. The summed E-state index contributed by atoms with van der Waals surface area (Å²) in [4.78, 5) is 38.5. The number of hydrogen-bond acceptors (Lipinski definition) is 5. The van der Waals surface area contributed by atoms with Crippen LogP contribution in [0.15, 0.2) is 68.8 Å². The van der Waals surface area contributed by atoms with Crippen molar-refractivity contribution >= 4 is 27.5 Å². The molecule has 0 aliphatic heterocycles. The summed E-state index contributed by atoms with van der Waals surface area (Å²) in [5.41, 5.74) is -0.727. The van der Waals surface area contributed by atoms with Crippen LogP contribution in [0.5, 0.6) is 5.75 Å². The Labute approximate surface area is 161 Å². The molecule has 0 bridgehead atoms. The molecule has 9 heteroatoms. The van der Waals surface area contributed by atoms with Crippen molar-refractivity contribution in [2.24, 2.45) is 0 Å². The van der Waals surface area contributed by atoms with Gasteiger partial charge in [0.15, 0.2) is 0 Å². The number of carbonyl (C=O) groups is 1. The number of pyridine rings is 1. The third-order valence-corrected chi connectivity index (χ3v) is 3.99. The van der Waals surface area contributed by atoms with Crippen LogP contribution in [0.1, 0.15) is 10.5 Å². The van der Waals surface area contributed by atoms with Gasteiger partial charge in [0, 0.05) is 16.7 Å². The number of anilines is 1. The Hall–Kier alpha value is -3.20. The standard InChI is InChI=1S/C18H15BrN4O4/c19-12-10-15(17(25)20-11-12)21-18(26)14-6-7-16(24)23(22-14)8-9-27-13-4-2-1-3-5-13/h1-7,10-11H,8-9H2,(H,20,25)(H,21,26). The Morgan fingerprint density at radius 2 is 1.96 bits per heavy atom. The Morgan fingerprint density at radius 3 is 2.74 bits per heavy atom. The highest BCUT2D eigenvalue weighted by molar-refractivity contribution is 9.10. The first kappa shape index (κ1) is 18.6. The number of nitrogens with zero attached hydrogens (tertiary/aromatic N) is 2. The van der Waals surface area contributed by atoms with Crippen molar-refractivity contribution in [2.75, 3.05) is 11.9 Å². The van der Waals surface area contributed by atoms with Crippen molar-refractivity contribution in [1.82, 2.24) is 14.8 Å². The summed E-state index contributed by atoms with van der Waals surface area (Å²) in [6, 6.07) is 13.2. The lowest BCUT2D eigenvalue weighted by atomic mass is 10.3. The minimum atomic E-state index is -0.601. The second kappa shape index (κ2) is 8.45. The lowest BCUT2D eigenvalue weighted by molar-refractivity contribution is 0.101. The number of para-hydroxylation sites is 1. The van der Waals surface area contributed by atoms with Crippen molar-refractivity contribution in [3.8, 4) is 5.75 Å². The summed E-state index contributed by atoms with van der Waals surface area (Å²) >= 11 is 3.21. The van der Waals surface area contributed by atoms with Gasteiger partial charge in [-0.2, -0.15) is 5.10 Å². The van der Waals surface area contributed by atoms with Crippen LogP contribution in [-0.2, 0) is 6.54 Å². The van der Waals surface area contributed by atoms with Crippen molar-refractivity contribution in [3.05, 3.63) is 85.6 Å². The lowest BCUT2D eigenvalue weighted by Gasteiger charge is -2.09. The molecular weight excluding hydrogens is 416 g/mol. The highest BCUT2D eigenvalue weighted by Gasteiger charge is 2.12. The van der Waals surface area contributed by atoms with E-state index in [4.69, 9.17) is 4.74 Å². The summed E-state index contributed by atoms with van der Waals surface area (Å²) in [5.74, 6) is 0.0738. The fourth-order valence-electron chi connectivity index (χ4n) is 2.23. The maximum Gasteiger partial charge on any atom is 0.276 e. The SMILES string of the molecule is O=C(Nc1cc(Br)c[nH]c1=O)c1ccc(=O)n(CCOc2ccccc2)n1. The van der Waals surface area contributed by atoms with E-state index < -0.39 is 11.5 Å². The zero-order chi connectivity index (χ0) is 19.2. The van der Waals surface area contributed by atoms with Gasteiger partial charge in [0.1, 0.15) is 23.7 Å². The maximum atomic E-state index is 12.3. The van der Waals surface area contributed by atoms with Crippen LogP contribution in [-0.4, -0.2) is 27.3 Å². The first-order valence-electron chi connectivity index (χ1n) is 7.98. The van der Waals surface area contributed by atoms with E-state index in [2.05, 4.69) is 31.3 Å². The second-order valence-electron chi connectivity index (χ2n) is 5.46. The number of nitrogens with one attached hydrogen (secondary N) is 2. The van der Waals surface area contributed by atoms with E-state index in [9.17, 15) is 14.4 Å². The smallest absolute Gasteiger partial charge is 0.276 e. The number of carbonyl (C=O) groups excluding carboxylic acids is 1. The van der Waals surface area contributed by atoms with Gasteiger partial charge in [-0.05, 0) is 40.2 Å². The van der Waals surface area contributed by atoms with E-state index in [1.807, 2.05) is 18.2 Å². The van der Waals surface area contributed by atoms with E-state index in [0.29, 0.717) is 10.2 Å². The van der Waals surface area contributed by atoms with Gasteiger partial charge in [-0.25, -0.2) is 4.68 Å². The molecule has 3 aromatic rings. The highest BCUT2D eigenvalue weighted by atomic mass is 79.9. The van der Waals surface area contributed by atoms with Crippen molar-refractivity contribution in [3.63, 3.8) is 0 Å². The van der Waals surface area contributed by atoms with Gasteiger partial charge in [0.2, 0.25) is 0 Å². The number of benzene rings is 1. The molecule has 0 saturated carbocycles. The fourth-order valence-corrected chi connectivity index (χ4v) is 2.58. The molecule has 8 nitrogen and oxygen atoms in total. The molecule has 1 aromatic carbocycles. The molecule has 3 rings (SSSR count). The number of amides is 1. The van der Waals surface area contributed by atoms with Crippen molar-refractivity contribution in [1.29, 1.82) is 0 Å². The Balaban J connectivity index is 1.70. The number of aromatic amines is 1. The number of aromatic nitrogens is 3. The van der Waals surface area contributed by atoms with E-state index in [1.54, 1.807) is 12.1 Å². The largest absolute Gasteiger partial charge is 0.492 e. The molecular formula is C18H15BrN4O4. The quantitative estimate of drug-likeness (QED) is 0.622. The summed E-state index contributed by atoms with van der Waals surface area (Å²) in [5, 5.41) is 6.51. The number of hydrogen-bond donors (Lipinski definition) is 2. The molecule has 0 atom stereocenters. The molecule has 0 unspecified atom stereocenters. The second-order valence-corrected chi connectivity index (χ2v) is 6.37. The van der Waals surface area contributed by atoms with Gasteiger partial charge < -0.3 is 15.0 Å². The van der Waals surface area contributed by atoms with Gasteiger partial charge in [0.05, 0.1) is 6.54 Å². The van der Waals surface area contributed by atoms with Gasteiger partial charge in [-0.15, -0.1) is 0 Å². The minimum absolute atomic E-state index is 0.00804. The van der Waals surface area contributed by atoms with Crippen LogP contribution < -0.4 is 21.2 Å². The van der Waals surface area contributed by atoms with Gasteiger partial charge in [-0.1, -0.05) is 18.2 Å². The molecule has 0 fully saturated rings. The van der Waals surface area contributed by atoms with Crippen molar-refractivity contribution in [2.45, 2.75) is 6.54 Å². The van der Waals surface area contributed by atoms with E-state index in [-0.39, 0.29) is 30.1 Å². The minimum Gasteiger partial charge on any atom is -0.492 e. The molecule has 27 heavy (non-hydrogen) atoms. The van der Waals surface area contributed by atoms with E-state index in [1.165, 1.54) is 24.4 Å². The molecule has 2 N–H and O–H groups in total. The summed E-state index contributed by atoms with van der Waals surface area (Å²) < 4.78 is 7.29. The van der Waals surface area contributed by atoms with Gasteiger partial charge in [0.25, 0.3) is 17.0 Å². The number of halogens is 1. The fraction of sp³-hybridized carbons (Fsp3) is 0.111. The topological polar surface area (TPSA) is 106 Å². The first-order valence-corrected chi connectivity index (χ1v) is 8.78. The normalized spacial score (nSPS) is 10.4. The molecule has 0 radical (unpaired) electrons. The van der Waals surface area contributed by atoms with Crippen LogP contribution in [0.2, 0.25) is 0 Å². The summed E-state index contributed by atoms with van der Waals surface area (Å²) in [6.45, 7) is 0.389. The molecule has 0 saturated heterocycles. The van der Waals surface area contributed by atoms with Gasteiger partial charge >= 0.3 is 0 Å². The van der Waals surface area contributed by atoms with Crippen LogP contribution in [0.4, 0.5) is 5.69 Å². The summed E-state index contributed by atoms with van der Waals surface area (Å²) in [7, 11) is 0. The van der Waals surface area contributed by atoms with Crippen molar-refractivity contribution < 1.29 is 9.53 Å². The zero-order valence-electron chi connectivity index (χ0n) is 14.0. The molecule has 0 aliphatic carbocycles. The Bertz CT molecular complexity index is 1060. The van der Waals surface area contributed by atoms with Crippen LogP contribution in [0.25, 0.3) is 0 Å². The average molecular weight is 431 g/mol. The number of ether oxygens (including phenoxy) is 1. The van der Waals surface area contributed by atoms with Crippen LogP contribution >= 0.6 is 15.9 Å². The molecule has 2 aromatic heterocycles. The Morgan fingerprint density at radius 1 is 1.19 bits per heavy atom.